The van der Waals surface area contributed by atoms with Gasteiger partial charge in [-0.3, -0.25) is 14.5 Å². The van der Waals surface area contributed by atoms with Gasteiger partial charge < -0.3 is 4.74 Å². The zero-order valence-electron chi connectivity index (χ0n) is 18.2. The van der Waals surface area contributed by atoms with Gasteiger partial charge in [0.15, 0.2) is 0 Å². The fraction of sp³-hybridized carbons (Fsp3) is 0.400. The van der Waals surface area contributed by atoms with Crippen LogP contribution in [0.3, 0.4) is 0 Å². The van der Waals surface area contributed by atoms with Gasteiger partial charge in [0.05, 0.1) is 30.8 Å². The maximum Gasteiger partial charge on any atom is 0.310 e. The summed E-state index contributed by atoms with van der Waals surface area (Å²) in [6, 6.07) is 15.8. The highest BCUT2D eigenvalue weighted by atomic mass is 19.1. The summed E-state index contributed by atoms with van der Waals surface area (Å²) >= 11 is 0. The zero-order chi connectivity index (χ0) is 22.5. The van der Waals surface area contributed by atoms with Crippen LogP contribution in [0, 0.1) is 11.7 Å². The number of esters is 1. The predicted molar refractivity (Wildman–Crippen MR) is 119 cm³/mol. The molecule has 2 aromatic carbocycles. The summed E-state index contributed by atoms with van der Waals surface area (Å²) in [5.41, 5.74) is 2.57. The van der Waals surface area contributed by atoms with Crippen molar-refractivity contribution in [2.45, 2.75) is 32.2 Å². The van der Waals surface area contributed by atoms with Gasteiger partial charge in [-0.1, -0.05) is 42.5 Å². The van der Waals surface area contributed by atoms with Gasteiger partial charge in [0.25, 0.3) is 5.91 Å². The standard InChI is InChI=1S/C25H28FN3O3/c1-2-32-25(31)20-9-6-14-28(16-20)17-24(30)29-23(19-7-4-3-5-8-19)15-22(27-29)18-10-12-21(26)13-11-18/h3-5,7-8,10-13,20,23H,2,6,9,14-17H2,1H3/t20-,23-/m0/s1. The molecule has 0 radical (unpaired) electrons. The third-order valence-electron chi connectivity index (χ3n) is 6.01. The first kappa shape index (κ1) is 22.1. The van der Waals surface area contributed by atoms with Crippen LogP contribution in [0.2, 0.25) is 0 Å². The minimum absolute atomic E-state index is 0.111. The Morgan fingerprint density at radius 2 is 1.88 bits per heavy atom. The molecule has 7 heteroatoms. The van der Waals surface area contributed by atoms with Gasteiger partial charge in [0, 0.05) is 13.0 Å². The van der Waals surface area contributed by atoms with Crippen LogP contribution >= 0.6 is 0 Å². The predicted octanol–water partition coefficient (Wildman–Crippen LogP) is 3.78. The number of halogens is 1. The molecule has 2 aliphatic heterocycles. The van der Waals surface area contributed by atoms with E-state index in [1.807, 2.05) is 35.2 Å². The summed E-state index contributed by atoms with van der Waals surface area (Å²) in [6.45, 7) is 3.64. The van der Waals surface area contributed by atoms with Gasteiger partial charge in [-0.25, -0.2) is 9.40 Å². The summed E-state index contributed by atoms with van der Waals surface area (Å²) in [5.74, 6) is -0.801. The summed E-state index contributed by atoms with van der Waals surface area (Å²) in [4.78, 5) is 27.5. The Kier molecular flexibility index (Phi) is 6.95. The molecule has 32 heavy (non-hydrogen) atoms. The molecule has 1 amide bonds. The second-order valence-corrected chi connectivity index (χ2v) is 8.25. The van der Waals surface area contributed by atoms with Crippen molar-refractivity contribution in [1.29, 1.82) is 0 Å². The maximum absolute atomic E-state index is 13.4. The number of carbonyl (C=O) groups is 2. The average Bonchev–Trinajstić information content (AvgIpc) is 3.26. The SMILES string of the molecule is CCOC(=O)[C@H]1CCCN(CC(=O)N2N=C(c3ccc(F)cc3)C[C@H]2c2ccccc2)C1. The van der Waals surface area contributed by atoms with Crippen molar-refractivity contribution < 1.29 is 18.7 Å². The molecule has 0 N–H and O–H groups in total. The molecule has 2 atom stereocenters. The van der Waals surface area contributed by atoms with Crippen molar-refractivity contribution in [1.82, 2.24) is 9.91 Å². The number of likely N-dealkylation sites (tertiary alicyclic amines) is 1. The molecule has 0 spiro atoms. The van der Waals surface area contributed by atoms with Crippen molar-refractivity contribution in [2.24, 2.45) is 11.0 Å². The number of hydrazone groups is 1. The molecule has 1 fully saturated rings. The van der Waals surface area contributed by atoms with Crippen molar-refractivity contribution in [3.8, 4) is 0 Å². The number of hydrogen-bond donors (Lipinski definition) is 0. The van der Waals surface area contributed by atoms with Crippen LogP contribution in [0.4, 0.5) is 4.39 Å². The minimum Gasteiger partial charge on any atom is -0.466 e. The number of benzene rings is 2. The summed E-state index contributed by atoms with van der Waals surface area (Å²) < 4.78 is 18.5. The molecular formula is C25H28FN3O3. The zero-order valence-corrected chi connectivity index (χ0v) is 18.2. The number of ether oxygens (including phenoxy) is 1. The molecule has 168 valence electrons. The molecule has 2 aromatic rings. The van der Waals surface area contributed by atoms with Gasteiger partial charge in [0.1, 0.15) is 5.82 Å². The third-order valence-corrected chi connectivity index (χ3v) is 6.01. The van der Waals surface area contributed by atoms with Gasteiger partial charge in [-0.05, 0) is 49.6 Å². The highest BCUT2D eigenvalue weighted by Gasteiger charge is 2.35. The quantitative estimate of drug-likeness (QED) is 0.646. The van der Waals surface area contributed by atoms with E-state index < -0.39 is 0 Å². The van der Waals surface area contributed by atoms with E-state index in [9.17, 15) is 14.0 Å². The smallest absolute Gasteiger partial charge is 0.310 e. The van der Waals surface area contributed by atoms with E-state index in [0.717, 1.165) is 36.2 Å². The number of piperidine rings is 1. The van der Waals surface area contributed by atoms with Crippen LogP contribution in [-0.2, 0) is 14.3 Å². The number of amides is 1. The number of carbonyl (C=O) groups excluding carboxylic acids is 2. The van der Waals surface area contributed by atoms with E-state index in [-0.39, 0.29) is 36.2 Å². The van der Waals surface area contributed by atoms with Crippen molar-refractivity contribution in [2.75, 3.05) is 26.2 Å². The normalized spacial score (nSPS) is 21.3. The Morgan fingerprint density at radius 1 is 1.12 bits per heavy atom. The Labute approximate surface area is 187 Å². The first-order chi connectivity index (χ1) is 15.5. The molecular weight excluding hydrogens is 409 g/mol. The van der Waals surface area contributed by atoms with Gasteiger partial charge in [-0.15, -0.1) is 0 Å². The van der Waals surface area contributed by atoms with Gasteiger partial charge in [0.2, 0.25) is 0 Å². The second kappa shape index (κ2) is 10.0. The van der Waals surface area contributed by atoms with E-state index >= 15 is 0 Å². The van der Waals surface area contributed by atoms with Crippen LogP contribution < -0.4 is 0 Å². The summed E-state index contributed by atoms with van der Waals surface area (Å²) in [7, 11) is 0. The first-order valence-electron chi connectivity index (χ1n) is 11.1. The maximum atomic E-state index is 13.4. The Hall–Kier alpha value is -3.06. The number of hydrogen-bond acceptors (Lipinski definition) is 5. The molecule has 0 bridgehead atoms. The minimum atomic E-state index is -0.304. The fourth-order valence-corrected chi connectivity index (χ4v) is 4.41. The lowest BCUT2D eigenvalue weighted by molar-refractivity contribution is -0.150. The second-order valence-electron chi connectivity index (χ2n) is 8.25. The van der Waals surface area contributed by atoms with Crippen molar-refractivity contribution in [3.63, 3.8) is 0 Å². The molecule has 2 heterocycles. The van der Waals surface area contributed by atoms with Crippen LogP contribution in [-0.4, -0.2) is 53.7 Å². The van der Waals surface area contributed by atoms with E-state index in [0.29, 0.717) is 19.6 Å². The molecule has 2 aliphatic rings. The van der Waals surface area contributed by atoms with E-state index in [4.69, 9.17) is 4.74 Å². The van der Waals surface area contributed by atoms with E-state index in [2.05, 4.69) is 5.10 Å². The fourth-order valence-electron chi connectivity index (χ4n) is 4.41. The Bertz CT molecular complexity index is 978. The number of rotatable bonds is 6. The summed E-state index contributed by atoms with van der Waals surface area (Å²) in [5, 5.41) is 6.21. The van der Waals surface area contributed by atoms with Crippen LogP contribution in [0.1, 0.15) is 43.4 Å². The molecule has 0 aliphatic carbocycles. The Morgan fingerprint density at radius 3 is 2.59 bits per heavy atom. The van der Waals surface area contributed by atoms with Gasteiger partial charge in [-0.2, -0.15) is 5.10 Å². The lowest BCUT2D eigenvalue weighted by Gasteiger charge is -2.32. The highest BCUT2D eigenvalue weighted by Crippen LogP contribution is 2.33. The molecule has 6 nitrogen and oxygen atoms in total. The lowest BCUT2D eigenvalue weighted by atomic mass is 9.97. The topological polar surface area (TPSA) is 62.2 Å². The monoisotopic (exact) mass is 437 g/mol. The summed E-state index contributed by atoms with van der Waals surface area (Å²) in [6.07, 6.45) is 2.20. The van der Waals surface area contributed by atoms with Crippen LogP contribution in [0.5, 0.6) is 0 Å². The van der Waals surface area contributed by atoms with Crippen LogP contribution in [0.15, 0.2) is 59.7 Å². The molecule has 4 rings (SSSR count). The van der Waals surface area contributed by atoms with E-state index in [1.165, 1.54) is 12.1 Å². The average molecular weight is 438 g/mol. The van der Waals surface area contributed by atoms with E-state index in [1.54, 1.807) is 24.1 Å². The largest absolute Gasteiger partial charge is 0.466 e. The van der Waals surface area contributed by atoms with Crippen LogP contribution in [0.25, 0.3) is 0 Å². The molecule has 1 saturated heterocycles. The molecule has 0 saturated carbocycles. The lowest BCUT2D eigenvalue weighted by Crippen LogP contribution is -2.44. The van der Waals surface area contributed by atoms with Crippen molar-refractivity contribution in [3.05, 3.63) is 71.5 Å². The van der Waals surface area contributed by atoms with Gasteiger partial charge >= 0.3 is 5.97 Å². The van der Waals surface area contributed by atoms with Crippen molar-refractivity contribution >= 4 is 17.6 Å². The highest BCUT2D eigenvalue weighted by molar-refractivity contribution is 6.03. The molecule has 0 unspecified atom stereocenters. The molecule has 0 aromatic heterocycles. The number of nitrogens with zero attached hydrogens (tertiary/aromatic N) is 3. The first-order valence-corrected chi connectivity index (χ1v) is 11.1. The third kappa shape index (κ3) is 5.05. The Balaban J connectivity index is 1.52.